The summed E-state index contributed by atoms with van der Waals surface area (Å²) in [6.45, 7) is 6.34. The van der Waals surface area contributed by atoms with Crippen LogP contribution in [0, 0.1) is 0 Å². The van der Waals surface area contributed by atoms with Gasteiger partial charge in [-0.2, -0.15) is 0 Å². The van der Waals surface area contributed by atoms with Crippen LogP contribution in [0.25, 0.3) is 0 Å². The first kappa shape index (κ1) is 66.3. The molecule has 6 heteroatoms. The molecule has 0 bridgehead atoms. The summed E-state index contributed by atoms with van der Waals surface area (Å²) in [5.41, 5.74) is 0. The van der Waals surface area contributed by atoms with Crippen molar-refractivity contribution in [2.75, 3.05) is 13.2 Å². The predicted octanol–water partition coefficient (Wildman–Crippen LogP) is 19.2. The molecule has 6 nitrogen and oxygen atoms in total. The first-order valence-corrected chi connectivity index (χ1v) is 28.3. The van der Waals surface area contributed by atoms with Gasteiger partial charge in [-0.3, -0.25) is 14.4 Å². The number of carbonyl (C=O) groups excluding carboxylic acids is 3. The van der Waals surface area contributed by atoms with Crippen molar-refractivity contribution < 1.29 is 28.6 Å². The first-order chi connectivity index (χ1) is 35.0. The molecule has 0 fully saturated rings. The molecule has 0 aromatic carbocycles. The molecule has 0 aromatic heterocycles. The number of esters is 3. The van der Waals surface area contributed by atoms with Crippen molar-refractivity contribution in [1.82, 2.24) is 0 Å². The third kappa shape index (κ3) is 56.1. The third-order valence-electron chi connectivity index (χ3n) is 11.3. The maximum absolute atomic E-state index is 12.8. The molecule has 0 saturated carbocycles. The van der Waals surface area contributed by atoms with Gasteiger partial charge in [0, 0.05) is 19.3 Å². The van der Waals surface area contributed by atoms with Crippen molar-refractivity contribution in [3.05, 3.63) is 146 Å². The summed E-state index contributed by atoms with van der Waals surface area (Å²) in [7, 11) is 0. The highest BCUT2D eigenvalue weighted by molar-refractivity contribution is 5.71. The van der Waals surface area contributed by atoms with Crippen LogP contribution >= 0.6 is 0 Å². The highest BCUT2D eigenvalue weighted by Crippen LogP contribution is 2.12. The van der Waals surface area contributed by atoms with E-state index in [9.17, 15) is 14.4 Å². The molecular weight excluding hydrogens is 877 g/mol. The lowest BCUT2D eigenvalue weighted by Gasteiger charge is -2.18. The van der Waals surface area contributed by atoms with Gasteiger partial charge in [0.25, 0.3) is 0 Å². The smallest absolute Gasteiger partial charge is 0.306 e. The minimum atomic E-state index is -0.848. The molecule has 0 unspecified atom stereocenters. The Morgan fingerprint density at radius 3 is 0.986 bits per heavy atom. The largest absolute Gasteiger partial charge is 0.462 e. The van der Waals surface area contributed by atoms with Gasteiger partial charge in [-0.25, -0.2) is 0 Å². The van der Waals surface area contributed by atoms with Crippen LogP contribution in [0.2, 0.25) is 0 Å². The minimum Gasteiger partial charge on any atom is -0.462 e. The van der Waals surface area contributed by atoms with Crippen molar-refractivity contribution in [2.45, 2.75) is 232 Å². The van der Waals surface area contributed by atoms with E-state index < -0.39 is 12.1 Å². The number of hydrogen-bond acceptors (Lipinski definition) is 6. The summed E-state index contributed by atoms with van der Waals surface area (Å²) >= 11 is 0. The van der Waals surface area contributed by atoms with Crippen LogP contribution in [0.15, 0.2) is 146 Å². The Bertz CT molecular complexity index is 1590. The zero-order valence-electron chi connectivity index (χ0n) is 45.4. The molecule has 1 atom stereocenters. The highest BCUT2D eigenvalue weighted by Gasteiger charge is 2.19. The van der Waals surface area contributed by atoms with Crippen LogP contribution < -0.4 is 0 Å². The summed E-state index contributed by atoms with van der Waals surface area (Å²) < 4.78 is 16.7. The van der Waals surface area contributed by atoms with E-state index in [1.54, 1.807) is 0 Å². The second-order valence-corrected chi connectivity index (χ2v) is 18.1. The molecule has 0 aromatic rings. The fourth-order valence-electron chi connectivity index (χ4n) is 7.08. The Kier molecular flexibility index (Phi) is 54.0. The summed E-state index contributed by atoms with van der Waals surface area (Å²) in [4.78, 5) is 38.1. The molecule has 0 heterocycles. The minimum absolute atomic E-state index is 0.133. The standard InChI is InChI=1S/C65H102O6/c1-4-7-10-13-16-19-22-25-28-31-32-35-37-40-43-46-49-52-55-58-64(67)70-61-62(71-65(68)59-56-53-50-47-44-41-38-34-30-27-24-21-18-15-12-9-6-3)60-69-63(66)57-54-51-48-45-42-39-36-33-29-26-23-20-17-14-11-8-5-2/h7,10,16-21,25-30,32,35,38,40-41,43,47,49-50,52,62H,4-6,8-9,11-15,22-24,31,33-34,36-37,39,42,44-46,48,51,53-61H2,1-3H3/b10-7-,19-16-,20-17-,21-18-,28-25-,29-26-,30-27-,35-32-,41-38-,43-40-,50-47-,52-49-/t62-/m1/s1. The molecule has 398 valence electrons. The van der Waals surface area contributed by atoms with Gasteiger partial charge in [-0.1, -0.05) is 224 Å². The number of ether oxygens (including phenoxy) is 3. The Labute approximate surface area is 436 Å². The second kappa shape index (κ2) is 57.9. The van der Waals surface area contributed by atoms with Crippen LogP contribution in [0.4, 0.5) is 0 Å². The van der Waals surface area contributed by atoms with E-state index in [-0.39, 0.29) is 38.0 Å². The Hall–Kier alpha value is -4.71. The molecule has 0 aliphatic heterocycles. The highest BCUT2D eigenvalue weighted by atomic mass is 16.6. The number of unbranched alkanes of at least 4 members (excludes halogenated alkanes) is 14. The van der Waals surface area contributed by atoms with Crippen LogP contribution in [0.1, 0.15) is 226 Å². The lowest BCUT2D eigenvalue weighted by Crippen LogP contribution is -2.30. The maximum Gasteiger partial charge on any atom is 0.306 e. The van der Waals surface area contributed by atoms with E-state index in [0.717, 1.165) is 96.3 Å². The van der Waals surface area contributed by atoms with Gasteiger partial charge >= 0.3 is 17.9 Å². The SMILES string of the molecule is CC/C=C\C/C=C\C/C=C\C/C=C\C/C=C\C/C=C\CCC(=O)OC[C@@H](COC(=O)CCCCCCCCC/C=C\C/C=C\CCCCC)OC(=O)CCC/C=C\C/C=C\C/C=C\C/C=C\CCCCC. The van der Waals surface area contributed by atoms with Crippen molar-refractivity contribution in [1.29, 1.82) is 0 Å². The maximum atomic E-state index is 12.8. The normalized spacial score (nSPS) is 13.2. The average molecular weight is 980 g/mol. The van der Waals surface area contributed by atoms with E-state index in [1.165, 1.54) is 77.0 Å². The molecule has 0 aliphatic rings. The third-order valence-corrected chi connectivity index (χ3v) is 11.3. The zero-order chi connectivity index (χ0) is 51.4. The predicted molar refractivity (Wildman–Crippen MR) is 306 cm³/mol. The van der Waals surface area contributed by atoms with Gasteiger partial charge in [0.1, 0.15) is 13.2 Å². The van der Waals surface area contributed by atoms with Crippen molar-refractivity contribution in [2.24, 2.45) is 0 Å². The van der Waals surface area contributed by atoms with Crippen LogP contribution in [0.3, 0.4) is 0 Å². The zero-order valence-corrected chi connectivity index (χ0v) is 45.4. The van der Waals surface area contributed by atoms with Crippen molar-refractivity contribution in [3.8, 4) is 0 Å². The van der Waals surface area contributed by atoms with Gasteiger partial charge in [0.15, 0.2) is 6.10 Å². The Morgan fingerprint density at radius 2 is 0.592 bits per heavy atom. The van der Waals surface area contributed by atoms with E-state index >= 15 is 0 Å². The van der Waals surface area contributed by atoms with Gasteiger partial charge < -0.3 is 14.2 Å². The number of hydrogen-bond donors (Lipinski definition) is 0. The monoisotopic (exact) mass is 979 g/mol. The van der Waals surface area contributed by atoms with Gasteiger partial charge in [-0.15, -0.1) is 0 Å². The van der Waals surface area contributed by atoms with E-state index in [2.05, 4.69) is 154 Å². The topological polar surface area (TPSA) is 78.9 Å². The van der Waals surface area contributed by atoms with Crippen molar-refractivity contribution >= 4 is 17.9 Å². The van der Waals surface area contributed by atoms with E-state index in [0.29, 0.717) is 19.3 Å². The molecular formula is C65H102O6. The van der Waals surface area contributed by atoms with Gasteiger partial charge in [0.2, 0.25) is 0 Å². The lowest BCUT2D eigenvalue weighted by molar-refractivity contribution is -0.166. The number of carbonyl (C=O) groups is 3. The Morgan fingerprint density at radius 1 is 0.296 bits per heavy atom. The van der Waals surface area contributed by atoms with Crippen LogP contribution in [-0.4, -0.2) is 37.2 Å². The van der Waals surface area contributed by atoms with Crippen molar-refractivity contribution in [3.63, 3.8) is 0 Å². The van der Waals surface area contributed by atoms with E-state index in [4.69, 9.17) is 14.2 Å². The second-order valence-electron chi connectivity index (χ2n) is 18.1. The molecule has 71 heavy (non-hydrogen) atoms. The Balaban J connectivity index is 4.63. The molecule has 0 N–H and O–H groups in total. The summed E-state index contributed by atoms with van der Waals surface area (Å²) in [6.07, 6.45) is 82.8. The van der Waals surface area contributed by atoms with Gasteiger partial charge in [0.05, 0.1) is 0 Å². The average Bonchev–Trinajstić information content (AvgIpc) is 3.37. The molecule has 0 radical (unpaired) electrons. The van der Waals surface area contributed by atoms with Gasteiger partial charge in [-0.05, 0) is 128 Å². The summed E-state index contributed by atoms with van der Waals surface area (Å²) in [5.74, 6) is -1.09. The molecule has 0 aliphatic carbocycles. The summed E-state index contributed by atoms with van der Waals surface area (Å²) in [6, 6.07) is 0. The summed E-state index contributed by atoms with van der Waals surface area (Å²) in [5, 5.41) is 0. The molecule has 0 amide bonds. The molecule has 0 rings (SSSR count). The fraction of sp³-hybridized carbons (Fsp3) is 0.585. The fourth-order valence-corrected chi connectivity index (χ4v) is 7.08. The first-order valence-electron chi connectivity index (χ1n) is 28.3. The molecule has 0 saturated heterocycles. The lowest BCUT2D eigenvalue weighted by atomic mass is 10.1. The number of allylic oxidation sites excluding steroid dienone is 24. The van der Waals surface area contributed by atoms with E-state index in [1.807, 2.05) is 12.2 Å². The molecule has 0 spiro atoms. The van der Waals surface area contributed by atoms with Crippen LogP contribution in [-0.2, 0) is 28.6 Å². The van der Waals surface area contributed by atoms with Crippen LogP contribution in [0.5, 0.6) is 0 Å². The number of rotatable bonds is 49. The quantitative estimate of drug-likeness (QED) is 0.0262.